The molecule has 1 aliphatic heterocycles. The molecule has 6 nitrogen and oxygen atoms in total. The fraction of sp³-hybridized carbons (Fsp3) is 0.421. The van der Waals surface area contributed by atoms with Gasteiger partial charge in [-0.2, -0.15) is 5.10 Å². The highest BCUT2D eigenvalue weighted by Gasteiger charge is 2.27. The number of nitrogens with one attached hydrogen (secondary N) is 2. The number of piperazine rings is 1. The van der Waals surface area contributed by atoms with E-state index in [4.69, 9.17) is 0 Å². The number of nitrogens with zero attached hydrogens (tertiary/aromatic N) is 4. The Morgan fingerprint density at radius 1 is 1.33 bits per heavy atom. The van der Waals surface area contributed by atoms with Gasteiger partial charge < -0.3 is 10.2 Å². The van der Waals surface area contributed by atoms with E-state index in [-0.39, 0.29) is 14.6 Å². The van der Waals surface area contributed by atoms with Crippen LogP contribution in [0.15, 0.2) is 30.5 Å². The van der Waals surface area contributed by atoms with Crippen molar-refractivity contribution in [3.8, 4) is 11.4 Å². The summed E-state index contributed by atoms with van der Waals surface area (Å²) in [4.78, 5) is 10.8. The Labute approximate surface area is 159 Å². The zero-order chi connectivity index (χ0) is 19.0. The van der Waals surface area contributed by atoms with Crippen LogP contribution in [0.1, 0.15) is 23.1 Å². The normalized spacial score (nSPS) is 18.2. The summed E-state index contributed by atoms with van der Waals surface area (Å²) in [5.74, 6) is 0.242. The average molecular weight is 376 g/mol. The van der Waals surface area contributed by atoms with Gasteiger partial charge in [0.25, 0.3) is 0 Å². The van der Waals surface area contributed by atoms with E-state index in [0.717, 1.165) is 18.5 Å². The molecule has 0 aromatic carbocycles. The molecule has 0 saturated carbocycles. The molecule has 0 radical (unpaired) electrons. The summed E-state index contributed by atoms with van der Waals surface area (Å²) in [5.41, 5.74) is -0.00591. The van der Waals surface area contributed by atoms with Crippen molar-refractivity contribution < 1.29 is 11.6 Å². The summed E-state index contributed by atoms with van der Waals surface area (Å²) < 4.78 is 28.5. The fourth-order valence-corrected chi connectivity index (χ4v) is 3.57. The maximum absolute atomic E-state index is 14.5. The van der Waals surface area contributed by atoms with Crippen molar-refractivity contribution in [2.75, 3.05) is 24.5 Å². The van der Waals surface area contributed by atoms with Crippen LogP contribution < -0.4 is 10.2 Å². The lowest BCUT2D eigenvalue weighted by Gasteiger charge is -2.36. The third-order valence-electron chi connectivity index (χ3n) is 4.71. The van der Waals surface area contributed by atoms with Crippen LogP contribution in [0.2, 0.25) is 0 Å². The van der Waals surface area contributed by atoms with Gasteiger partial charge in [-0.25, -0.2) is 18.7 Å². The first-order chi connectivity index (χ1) is 12.9. The molecule has 0 bridgehead atoms. The predicted octanol–water partition coefficient (Wildman–Crippen LogP) is 3.57. The highest BCUT2D eigenvalue weighted by atomic mass is 19.1. The molecule has 1 aliphatic rings. The first-order valence-corrected chi connectivity index (χ1v) is 9.04. The number of pyridine rings is 2. The van der Waals surface area contributed by atoms with Gasteiger partial charge in [0.15, 0.2) is 11.5 Å². The first-order valence-electron chi connectivity index (χ1n) is 9.04. The number of hydrogen-bond acceptors (Lipinski definition) is 5. The minimum absolute atomic E-state index is 0. The molecule has 4 heterocycles. The van der Waals surface area contributed by atoms with Crippen molar-refractivity contribution in [1.29, 1.82) is 0 Å². The van der Waals surface area contributed by atoms with Gasteiger partial charge >= 0.3 is 0 Å². The van der Waals surface area contributed by atoms with Crippen LogP contribution in [-0.4, -0.2) is 51.5 Å². The number of aromatic nitrogens is 4. The largest absolute Gasteiger partial charge is 0.354 e. The van der Waals surface area contributed by atoms with Gasteiger partial charge in [-0.05, 0) is 44.5 Å². The van der Waals surface area contributed by atoms with E-state index in [2.05, 4.69) is 30.4 Å². The van der Waals surface area contributed by atoms with Crippen molar-refractivity contribution in [2.45, 2.75) is 32.0 Å². The van der Waals surface area contributed by atoms with E-state index in [9.17, 15) is 8.78 Å². The number of H-pyrrole nitrogens is 1. The van der Waals surface area contributed by atoms with Crippen LogP contribution in [0.3, 0.4) is 0 Å². The van der Waals surface area contributed by atoms with E-state index < -0.39 is 11.5 Å². The predicted molar refractivity (Wildman–Crippen MR) is 105 cm³/mol. The van der Waals surface area contributed by atoms with Crippen LogP contribution in [0.5, 0.6) is 0 Å². The third kappa shape index (κ3) is 3.75. The zero-order valence-corrected chi connectivity index (χ0v) is 15.3. The van der Waals surface area contributed by atoms with Gasteiger partial charge in [0.2, 0.25) is 0 Å². The molecule has 3 aromatic rings. The number of fused-ring (bicyclic) bond motifs is 1. The molecule has 8 heteroatoms. The van der Waals surface area contributed by atoms with Crippen molar-refractivity contribution >= 4 is 16.9 Å². The smallest absolute Gasteiger partial charge is 0.181 e. The van der Waals surface area contributed by atoms with Crippen LogP contribution >= 0.6 is 0 Å². The van der Waals surface area contributed by atoms with Gasteiger partial charge in [0.05, 0.1) is 5.69 Å². The molecule has 1 atom stereocenters. The Morgan fingerprint density at radius 3 is 3.00 bits per heavy atom. The van der Waals surface area contributed by atoms with Gasteiger partial charge in [-0.1, -0.05) is 0 Å². The monoisotopic (exact) mass is 376 g/mol. The lowest BCUT2D eigenvalue weighted by atomic mass is 9.99. The summed E-state index contributed by atoms with van der Waals surface area (Å²) in [7, 11) is 0. The molecule has 4 rings (SSSR count). The zero-order valence-electron chi connectivity index (χ0n) is 15.3. The highest BCUT2D eigenvalue weighted by molar-refractivity contribution is 5.89. The Bertz CT molecular complexity index is 959. The van der Waals surface area contributed by atoms with Gasteiger partial charge in [-0.3, -0.25) is 5.10 Å². The minimum Gasteiger partial charge on any atom is -0.354 e. The van der Waals surface area contributed by atoms with Crippen molar-refractivity contribution in [2.24, 2.45) is 0 Å². The molecular formula is C19H26F2N6. The number of anilines is 1. The number of aromatic amines is 1. The molecular weight excluding hydrogens is 350 g/mol. The first kappa shape index (κ1) is 17.8. The number of hydrogen-bond donors (Lipinski definition) is 2. The second-order valence-electron chi connectivity index (χ2n) is 7.49. The second kappa shape index (κ2) is 6.84. The molecule has 0 aliphatic carbocycles. The lowest BCUT2D eigenvalue weighted by molar-refractivity contribution is 0.175. The van der Waals surface area contributed by atoms with Crippen LogP contribution in [0.25, 0.3) is 22.4 Å². The van der Waals surface area contributed by atoms with E-state index in [1.807, 2.05) is 6.07 Å². The molecule has 3 aromatic heterocycles. The molecule has 0 amide bonds. The topological polar surface area (TPSA) is 69.7 Å². The second-order valence-corrected chi connectivity index (χ2v) is 7.49. The maximum Gasteiger partial charge on any atom is 0.181 e. The molecule has 1 fully saturated rings. The minimum atomic E-state index is -1.25. The van der Waals surface area contributed by atoms with Crippen LogP contribution in [0.4, 0.5) is 14.6 Å². The Hall–Kier alpha value is -2.61. The maximum atomic E-state index is 14.5. The van der Waals surface area contributed by atoms with Gasteiger partial charge in [0, 0.05) is 40.1 Å². The van der Waals surface area contributed by atoms with Gasteiger partial charge in [-0.15, -0.1) is 0 Å². The highest BCUT2D eigenvalue weighted by Crippen LogP contribution is 2.28. The molecule has 0 spiro atoms. The van der Waals surface area contributed by atoms with E-state index >= 15 is 0 Å². The Kier molecular flexibility index (Phi) is 4.51. The fourth-order valence-electron chi connectivity index (χ4n) is 3.57. The summed E-state index contributed by atoms with van der Waals surface area (Å²) in [5, 5.41) is 11.0. The van der Waals surface area contributed by atoms with Crippen LogP contribution in [0, 0.1) is 5.82 Å². The summed E-state index contributed by atoms with van der Waals surface area (Å²) in [6.07, 6.45) is 2.05. The third-order valence-corrected chi connectivity index (χ3v) is 4.71. The standard InChI is InChI=1S/C19H22F2N6.2H2/c1-19(2,21)10-12-11-27(9-8-22-12)15-6-5-14(20)17(24-15)16-13-4-3-7-23-18(13)26-25-16;;/h3-7,12,22H,8-11H2,1-2H3,(H,23,25,26);2*1H. The SMILES string of the molecule is CC(C)(F)CC1CN(c2ccc(F)c(-c3[nH]nc4ncccc34)n2)CCN1.[HH].[HH]. The number of alkyl halides is 1. The Balaban J connectivity index is 0.00000150. The molecule has 1 saturated heterocycles. The van der Waals surface area contributed by atoms with E-state index in [1.54, 1.807) is 32.2 Å². The van der Waals surface area contributed by atoms with Crippen molar-refractivity contribution in [1.82, 2.24) is 25.5 Å². The molecule has 27 heavy (non-hydrogen) atoms. The van der Waals surface area contributed by atoms with E-state index in [0.29, 0.717) is 30.1 Å². The van der Waals surface area contributed by atoms with E-state index in [1.165, 1.54) is 6.07 Å². The quantitative estimate of drug-likeness (QED) is 0.729. The molecule has 146 valence electrons. The summed E-state index contributed by atoms with van der Waals surface area (Å²) in [6, 6.07) is 6.71. The molecule has 1 unspecified atom stereocenters. The Morgan fingerprint density at radius 2 is 2.19 bits per heavy atom. The van der Waals surface area contributed by atoms with Crippen molar-refractivity contribution in [3.05, 3.63) is 36.3 Å². The van der Waals surface area contributed by atoms with Gasteiger partial charge in [0.1, 0.15) is 17.2 Å². The molecule has 2 N–H and O–H groups in total. The summed E-state index contributed by atoms with van der Waals surface area (Å²) >= 11 is 0. The number of halogens is 2. The lowest BCUT2D eigenvalue weighted by Crippen LogP contribution is -2.52. The van der Waals surface area contributed by atoms with Crippen LogP contribution in [-0.2, 0) is 0 Å². The number of rotatable bonds is 4. The summed E-state index contributed by atoms with van der Waals surface area (Å²) in [6.45, 7) is 5.24. The van der Waals surface area contributed by atoms with Crippen molar-refractivity contribution in [3.63, 3.8) is 0 Å². The average Bonchev–Trinajstić information content (AvgIpc) is 3.05.